The predicted molar refractivity (Wildman–Crippen MR) is 81.4 cm³/mol. The van der Waals surface area contributed by atoms with Gasteiger partial charge in [0.25, 0.3) is 5.91 Å². The first-order valence-corrected chi connectivity index (χ1v) is 7.66. The summed E-state index contributed by atoms with van der Waals surface area (Å²) in [5.41, 5.74) is -0.501. The Morgan fingerprint density at radius 1 is 1.17 bits per heavy atom. The smallest absolute Gasteiger partial charge is 0.322 e. The SMILES string of the molecule is O=C1NC(=O)C(CCC(=O)N2CCOCC2)(c2ccccc2)N1. The van der Waals surface area contributed by atoms with Crippen molar-refractivity contribution in [2.75, 3.05) is 26.3 Å². The summed E-state index contributed by atoms with van der Waals surface area (Å²) in [6.45, 7) is 2.20. The zero-order valence-corrected chi connectivity index (χ0v) is 12.7. The maximum Gasteiger partial charge on any atom is 0.322 e. The van der Waals surface area contributed by atoms with E-state index in [0.717, 1.165) is 0 Å². The summed E-state index contributed by atoms with van der Waals surface area (Å²) in [5, 5.41) is 4.97. The molecule has 0 radical (unpaired) electrons. The van der Waals surface area contributed by atoms with Gasteiger partial charge in [0.05, 0.1) is 13.2 Å². The number of nitrogens with one attached hydrogen (secondary N) is 2. The molecule has 2 aliphatic rings. The van der Waals surface area contributed by atoms with Crippen molar-refractivity contribution >= 4 is 17.8 Å². The van der Waals surface area contributed by atoms with Crippen LogP contribution in [0.4, 0.5) is 4.79 Å². The lowest BCUT2D eigenvalue weighted by Gasteiger charge is -2.30. The van der Waals surface area contributed by atoms with Crippen molar-refractivity contribution in [3.63, 3.8) is 0 Å². The molecular weight excluding hydrogens is 298 g/mol. The highest BCUT2D eigenvalue weighted by Crippen LogP contribution is 2.30. The van der Waals surface area contributed by atoms with E-state index >= 15 is 0 Å². The Kier molecular flexibility index (Phi) is 4.29. The molecule has 0 bridgehead atoms. The molecule has 0 spiro atoms. The molecule has 2 aliphatic heterocycles. The molecule has 3 rings (SSSR count). The number of carbonyl (C=O) groups is 3. The second-order valence-corrected chi connectivity index (χ2v) is 5.67. The van der Waals surface area contributed by atoms with Crippen LogP contribution in [0.15, 0.2) is 30.3 Å². The molecule has 1 atom stereocenters. The van der Waals surface area contributed by atoms with Crippen molar-refractivity contribution in [3.8, 4) is 0 Å². The normalized spacial score (nSPS) is 24.3. The number of rotatable bonds is 4. The molecule has 2 saturated heterocycles. The van der Waals surface area contributed by atoms with Crippen LogP contribution in [0.2, 0.25) is 0 Å². The molecule has 23 heavy (non-hydrogen) atoms. The maximum absolute atomic E-state index is 12.4. The number of imide groups is 1. The highest BCUT2D eigenvalue weighted by molar-refractivity contribution is 6.07. The minimum atomic E-state index is -1.18. The van der Waals surface area contributed by atoms with Gasteiger partial charge >= 0.3 is 6.03 Å². The predicted octanol–water partition coefficient (Wildman–Crippen LogP) is 0.360. The minimum Gasteiger partial charge on any atom is -0.378 e. The molecular formula is C16H19N3O4. The van der Waals surface area contributed by atoms with Gasteiger partial charge in [-0.25, -0.2) is 4.79 Å². The van der Waals surface area contributed by atoms with E-state index in [1.165, 1.54) is 0 Å². The number of hydrogen-bond donors (Lipinski definition) is 2. The molecule has 122 valence electrons. The molecule has 0 aliphatic carbocycles. The van der Waals surface area contributed by atoms with Gasteiger partial charge in [-0.05, 0) is 12.0 Å². The lowest BCUT2D eigenvalue weighted by molar-refractivity contribution is -0.136. The number of nitrogens with zero attached hydrogens (tertiary/aromatic N) is 1. The fourth-order valence-corrected chi connectivity index (χ4v) is 3.00. The Hall–Kier alpha value is -2.41. The molecule has 0 aromatic heterocycles. The number of carbonyl (C=O) groups excluding carboxylic acids is 3. The Bertz CT molecular complexity index is 613. The van der Waals surface area contributed by atoms with E-state index in [2.05, 4.69) is 10.6 Å². The summed E-state index contributed by atoms with van der Waals surface area (Å²) in [7, 11) is 0. The Labute approximate surface area is 134 Å². The largest absolute Gasteiger partial charge is 0.378 e. The van der Waals surface area contributed by atoms with Crippen LogP contribution in [-0.4, -0.2) is 49.0 Å². The lowest BCUT2D eigenvalue weighted by Crippen LogP contribution is -2.46. The van der Waals surface area contributed by atoms with Crippen LogP contribution in [-0.2, 0) is 19.9 Å². The van der Waals surface area contributed by atoms with Crippen LogP contribution in [0.25, 0.3) is 0 Å². The molecule has 0 saturated carbocycles. The van der Waals surface area contributed by atoms with Crippen LogP contribution < -0.4 is 10.6 Å². The van der Waals surface area contributed by atoms with Crippen molar-refractivity contribution in [2.45, 2.75) is 18.4 Å². The fraction of sp³-hybridized carbons (Fsp3) is 0.438. The standard InChI is InChI=1S/C16H19N3O4/c20-13(19-8-10-23-11-9-19)6-7-16(12-4-2-1-3-5-12)14(21)17-15(22)18-16/h1-5H,6-11H2,(H2,17,18,21,22). The summed E-state index contributed by atoms with van der Waals surface area (Å²) in [6, 6.07) is 8.48. The monoisotopic (exact) mass is 317 g/mol. The van der Waals surface area contributed by atoms with Crippen LogP contribution in [0.1, 0.15) is 18.4 Å². The molecule has 1 aromatic carbocycles. The number of hydrogen-bond acceptors (Lipinski definition) is 4. The number of amides is 4. The van der Waals surface area contributed by atoms with Gasteiger partial charge in [-0.2, -0.15) is 0 Å². The summed E-state index contributed by atoms with van der Waals surface area (Å²) in [6.07, 6.45) is 0.410. The number of benzene rings is 1. The summed E-state index contributed by atoms with van der Waals surface area (Å²) < 4.78 is 5.23. The average Bonchev–Trinajstić information content (AvgIpc) is 2.89. The fourth-order valence-electron chi connectivity index (χ4n) is 3.00. The third-order valence-electron chi connectivity index (χ3n) is 4.29. The van der Waals surface area contributed by atoms with Gasteiger partial charge < -0.3 is 15.0 Å². The molecule has 2 fully saturated rings. The van der Waals surface area contributed by atoms with Gasteiger partial charge in [0.2, 0.25) is 5.91 Å². The summed E-state index contributed by atoms with van der Waals surface area (Å²) in [5.74, 6) is -0.443. The molecule has 2 heterocycles. The van der Waals surface area contributed by atoms with E-state index in [0.29, 0.717) is 31.9 Å². The number of ether oxygens (including phenoxy) is 1. The molecule has 4 amide bonds. The quantitative estimate of drug-likeness (QED) is 0.785. The van der Waals surface area contributed by atoms with Gasteiger partial charge in [-0.1, -0.05) is 30.3 Å². The van der Waals surface area contributed by atoms with Crippen molar-refractivity contribution in [2.24, 2.45) is 0 Å². The Morgan fingerprint density at radius 2 is 1.87 bits per heavy atom. The second kappa shape index (κ2) is 6.37. The molecule has 7 nitrogen and oxygen atoms in total. The first-order valence-electron chi connectivity index (χ1n) is 7.66. The molecule has 1 unspecified atom stereocenters. The van der Waals surface area contributed by atoms with Crippen LogP contribution in [0, 0.1) is 0 Å². The van der Waals surface area contributed by atoms with Crippen molar-refractivity contribution < 1.29 is 19.1 Å². The van der Waals surface area contributed by atoms with Gasteiger partial charge in [0.1, 0.15) is 5.54 Å². The van der Waals surface area contributed by atoms with E-state index in [9.17, 15) is 14.4 Å². The van der Waals surface area contributed by atoms with Crippen LogP contribution in [0.5, 0.6) is 0 Å². The molecule has 1 aromatic rings. The topological polar surface area (TPSA) is 87.7 Å². The zero-order chi connectivity index (χ0) is 16.3. The molecule has 2 N–H and O–H groups in total. The maximum atomic E-state index is 12.4. The van der Waals surface area contributed by atoms with E-state index in [-0.39, 0.29) is 18.7 Å². The first kappa shape index (κ1) is 15.5. The third kappa shape index (κ3) is 3.05. The van der Waals surface area contributed by atoms with Crippen LogP contribution >= 0.6 is 0 Å². The van der Waals surface area contributed by atoms with Gasteiger partial charge in [-0.3, -0.25) is 14.9 Å². The third-order valence-corrected chi connectivity index (χ3v) is 4.29. The van der Waals surface area contributed by atoms with Crippen LogP contribution in [0.3, 0.4) is 0 Å². The van der Waals surface area contributed by atoms with Gasteiger partial charge in [0.15, 0.2) is 0 Å². The number of urea groups is 1. The van der Waals surface area contributed by atoms with Crippen molar-refractivity contribution in [1.29, 1.82) is 0 Å². The Morgan fingerprint density at radius 3 is 2.48 bits per heavy atom. The highest BCUT2D eigenvalue weighted by atomic mass is 16.5. The highest BCUT2D eigenvalue weighted by Gasteiger charge is 2.47. The Balaban J connectivity index is 1.76. The van der Waals surface area contributed by atoms with Crippen molar-refractivity contribution in [3.05, 3.63) is 35.9 Å². The molecule has 7 heteroatoms. The van der Waals surface area contributed by atoms with Crippen molar-refractivity contribution in [1.82, 2.24) is 15.5 Å². The zero-order valence-electron chi connectivity index (χ0n) is 12.7. The first-order chi connectivity index (χ1) is 11.1. The van der Waals surface area contributed by atoms with Gasteiger partial charge in [0, 0.05) is 19.5 Å². The lowest BCUT2D eigenvalue weighted by atomic mass is 9.85. The average molecular weight is 317 g/mol. The minimum absolute atomic E-state index is 0.0300. The van der Waals surface area contributed by atoms with E-state index in [4.69, 9.17) is 4.74 Å². The second-order valence-electron chi connectivity index (χ2n) is 5.67. The number of morpholine rings is 1. The summed E-state index contributed by atoms with van der Waals surface area (Å²) >= 11 is 0. The van der Waals surface area contributed by atoms with E-state index in [1.54, 1.807) is 29.2 Å². The summed E-state index contributed by atoms with van der Waals surface area (Å²) in [4.78, 5) is 38.1. The van der Waals surface area contributed by atoms with Gasteiger partial charge in [-0.15, -0.1) is 0 Å². The van der Waals surface area contributed by atoms with E-state index < -0.39 is 17.5 Å². The van der Waals surface area contributed by atoms with E-state index in [1.807, 2.05) is 6.07 Å².